The van der Waals surface area contributed by atoms with Gasteiger partial charge in [0.15, 0.2) is 0 Å². The highest BCUT2D eigenvalue weighted by Gasteiger charge is 2.20. The van der Waals surface area contributed by atoms with Gasteiger partial charge in [0.1, 0.15) is 0 Å². The van der Waals surface area contributed by atoms with Crippen LogP contribution in [0.1, 0.15) is 32.3 Å². The van der Waals surface area contributed by atoms with Crippen LogP contribution in [-0.4, -0.2) is 41.6 Å². The summed E-state index contributed by atoms with van der Waals surface area (Å²) >= 11 is 0. The van der Waals surface area contributed by atoms with Crippen LogP contribution in [0.15, 0.2) is 24.5 Å². The van der Waals surface area contributed by atoms with Crippen LogP contribution in [0.25, 0.3) is 0 Å². The van der Waals surface area contributed by atoms with Gasteiger partial charge in [-0.3, -0.25) is 4.98 Å². The summed E-state index contributed by atoms with van der Waals surface area (Å²) < 4.78 is 0. The minimum absolute atomic E-state index is 0.0823. The van der Waals surface area contributed by atoms with Crippen LogP contribution in [0.5, 0.6) is 0 Å². The minimum Gasteiger partial charge on any atom is -0.335 e. The Bertz CT molecular complexity index is 427. The second kappa shape index (κ2) is 7.98. The van der Waals surface area contributed by atoms with Gasteiger partial charge in [-0.15, -0.1) is 0 Å². The Morgan fingerprint density at radius 1 is 1.43 bits per heavy atom. The van der Waals surface area contributed by atoms with E-state index in [1.165, 1.54) is 0 Å². The maximum Gasteiger partial charge on any atom is 0.315 e. The number of urea groups is 1. The van der Waals surface area contributed by atoms with Gasteiger partial charge in [0.25, 0.3) is 0 Å². The zero-order chi connectivity index (χ0) is 15.1. The standard InChI is InChI=1S/C16H26N4O/c1-13(2)12-20-8-5-15(6-9-20)19-16(21)18-11-14-4-3-7-17-10-14/h3-4,7,10,13,15H,5-6,8-9,11-12H2,1-2H3,(H2,18,19,21). The number of likely N-dealkylation sites (tertiary alicyclic amines) is 1. The van der Waals surface area contributed by atoms with Crippen molar-refractivity contribution in [3.63, 3.8) is 0 Å². The van der Waals surface area contributed by atoms with E-state index < -0.39 is 0 Å². The Labute approximate surface area is 127 Å². The fraction of sp³-hybridized carbons (Fsp3) is 0.625. The van der Waals surface area contributed by atoms with Crippen LogP contribution in [0.4, 0.5) is 4.79 Å². The summed E-state index contributed by atoms with van der Waals surface area (Å²) in [6, 6.07) is 4.04. The van der Waals surface area contributed by atoms with Gasteiger partial charge in [-0.2, -0.15) is 0 Å². The molecule has 2 heterocycles. The Hall–Kier alpha value is -1.62. The van der Waals surface area contributed by atoms with Crippen molar-refractivity contribution in [1.82, 2.24) is 20.5 Å². The molecule has 1 saturated heterocycles. The fourth-order valence-corrected chi connectivity index (χ4v) is 2.70. The first-order chi connectivity index (χ1) is 10.1. The molecule has 2 amide bonds. The van der Waals surface area contributed by atoms with Crippen LogP contribution in [0, 0.1) is 5.92 Å². The molecule has 1 fully saturated rings. The Balaban J connectivity index is 1.65. The van der Waals surface area contributed by atoms with Crippen molar-refractivity contribution >= 4 is 6.03 Å². The van der Waals surface area contributed by atoms with Crippen LogP contribution in [0.2, 0.25) is 0 Å². The lowest BCUT2D eigenvalue weighted by atomic mass is 10.0. The summed E-state index contributed by atoms with van der Waals surface area (Å²) in [5.74, 6) is 0.706. The van der Waals surface area contributed by atoms with E-state index in [0.717, 1.165) is 38.0 Å². The Morgan fingerprint density at radius 2 is 2.19 bits per heavy atom. The number of hydrogen-bond acceptors (Lipinski definition) is 3. The number of aromatic nitrogens is 1. The van der Waals surface area contributed by atoms with E-state index in [1.54, 1.807) is 12.4 Å². The van der Waals surface area contributed by atoms with Crippen molar-refractivity contribution in [1.29, 1.82) is 0 Å². The van der Waals surface area contributed by atoms with Gasteiger partial charge in [-0.25, -0.2) is 4.79 Å². The molecule has 0 aromatic carbocycles. The van der Waals surface area contributed by atoms with E-state index in [2.05, 4.69) is 34.4 Å². The molecule has 0 unspecified atom stereocenters. The number of pyridine rings is 1. The number of piperidine rings is 1. The molecular weight excluding hydrogens is 264 g/mol. The lowest BCUT2D eigenvalue weighted by molar-refractivity contribution is 0.178. The first-order valence-electron chi connectivity index (χ1n) is 7.79. The number of amides is 2. The minimum atomic E-state index is -0.0823. The van der Waals surface area contributed by atoms with Crippen molar-refractivity contribution < 1.29 is 4.79 Å². The molecule has 0 saturated carbocycles. The molecule has 1 aliphatic heterocycles. The molecule has 0 bridgehead atoms. The van der Waals surface area contributed by atoms with Crippen molar-refractivity contribution in [2.45, 2.75) is 39.3 Å². The van der Waals surface area contributed by atoms with Crippen molar-refractivity contribution in [2.24, 2.45) is 5.92 Å². The number of carbonyl (C=O) groups is 1. The molecule has 1 aromatic rings. The number of nitrogens with zero attached hydrogens (tertiary/aromatic N) is 2. The van der Waals surface area contributed by atoms with Crippen LogP contribution < -0.4 is 10.6 Å². The number of hydrogen-bond donors (Lipinski definition) is 2. The first kappa shape index (κ1) is 15.8. The van der Waals surface area contributed by atoms with Crippen molar-refractivity contribution in [3.05, 3.63) is 30.1 Å². The summed E-state index contributed by atoms with van der Waals surface area (Å²) in [6.07, 6.45) is 5.57. The van der Waals surface area contributed by atoms with E-state index in [1.807, 2.05) is 12.1 Å². The number of rotatable bonds is 5. The number of nitrogens with one attached hydrogen (secondary N) is 2. The molecule has 5 heteroatoms. The third kappa shape index (κ3) is 5.71. The van der Waals surface area contributed by atoms with Crippen molar-refractivity contribution in [2.75, 3.05) is 19.6 Å². The molecule has 0 atom stereocenters. The number of carbonyl (C=O) groups excluding carboxylic acids is 1. The normalized spacial score (nSPS) is 16.9. The monoisotopic (exact) mass is 290 g/mol. The lowest BCUT2D eigenvalue weighted by Gasteiger charge is -2.33. The molecule has 2 N–H and O–H groups in total. The predicted octanol–water partition coefficient (Wildman–Crippen LogP) is 2.00. The van der Waals surface area contributed by atoms with E-state index in [4.69, 9.17) is 0 Å². The Morgan fingerprint density at radius 3 is 2.81 bits per heavy atom. The summed E-state index contributed by atoms with van der Waals surface area (Å²) in [5, 5.41) is 5.95. The zero-order valence-corrected chi connectivity index (χ0v) is 13.0. The topological polar surface area (TPSA) is 57.3 Å². The molecule has 0 aliphatic carbocycles. The summed E-state index contributed by atoms with van der Waals surface area (Å²) in [4.78, 5) is 18.4. The van der Waals surface area contributed by atoms with E-state index in [9.17, 15) is 4.79 Å². The van der Waals surface area contributed by atoms with E-state index in [-0.39, 0.29) is 6.03 Å². The molecule has 1 aromatic heterocycles. The van der Waals surface area contributed by atoms with Gasteiger partial charge in [0.2, 0.25) is 0 Å². The third-order valence-corrected chi connectivity index (χ3v) is 3.72. The largest absolute Gasteiger partial charge is 0.335 e. The van der Waals surface area contributed by atoms with Gasteiger partial charge < -0.3 is 15.5 Å². The highest BCUT2D eigenvalue weighted by Crippen LogP contribution is 2.11. The average Bonchev–Trinajstić information content (AvgIpc) is 2.48. The smallest absolute Gasteiger partial charge is 0.315 e. The molecule has 0 radical (unpaired) electrons. The van der Waals surface area contributed by atoms with Crippen LogP contribution in [-0.2, 0) is 6.54 Å². The molecular formula is C16H26N4O. The summed E-state index contributed by atoms with van der Waals surface area (Å²) in [5.41, 5.74) is 1.01. The van der Waals surface area contributed by atoms with Gasteiger partial charge in [-0.05, 0) is 30.4 Å². The molecule has 21 heavy (non-hydrogen) atoms. The lowest BCUT2D eigenvalue weighted by Crippen LogP contribution is -2.48. The van der Waals surface area contributed by atoms with Crippen LogP contribution >= 0.6 is 0 Å². The summed E-state index contributed by atoms with van der Waals surface area (Å²) in [7, 11) is 0. The van der Waals surface area contributed by atoms with E-state index >= 15 is 0 Å². The maximum absolute atomic E-state index is 11.9. The van der Waals surface area contributed by atoms with Crippen molar-refractivity contribution in [3.8, 4) is 0 Å². The molecule has 116 valence electrons. The van der Waals surface area contributed by atoms with Gasteiger partial charge in [0.05, 0.1) is 0 Å². The van der Waals surface area contributed by atoms with Gasteiger partial charge >= 0.3 is 6.03 Å². The second-order valence-corrected chi connectivity index (χ2v) is 6.16. The van der Waals surface area contributed by atoms with E-state index in [0.29, 0.717) is 18.5 Å². The molecule has 1 aliphatic rings. The highest BCUT2D eigenvalue weighted by atomic mass is 16.2. The first-order valence-corrected chi connectivity index (χ1v) is 7.79. The van der Waals surface area contributed by atoms with Gasteiger partial charge in [0, 0.05) is 44.6 Å². The maximum atomic E-state index is 11.9. The molecule has 2 rings (SSSR count). The quantitative estimate of drug-likeness (QED) is 0.872. The third-order valence-electron chi connectivity index (χ3n) is 3.72. The molecule has 0 spiro atoms. The Kier molecular flexibility index (Phi) is 5.99. The van der Waals surface area contributed by atoms with Crippen LogP contribution in [0.3, 0.4) is 0 Å². The second-order valence-electron chi connectivity index (χ2n) is 6.16. The predicted molar refractivity (Wildman–Crippen MR) is 83.9 cm³/mol. The zero-order valence-electron chi connectivity index (χ0n) is 13.0. The average molecular weight is 290 g/mol. The highest BCUT2D eigenvalue weighted by molar-refractivity contribution is 5.74. The van der Waals surface area contributed by atoms with Gasteiger partial charge in [-0.1, -0.05) is 19.9 Å². The SMILES string of the molecule is CC(C)CN1CCC(NC(=O)NCc2cccnc2)CC1. The fourth-order valence-electron chi connectivity index (χ4n) is 2.70. The molecule has 5 nitrogen and oxygen atoms in total. The summed E-state index contributed by atoms with van der Waals surface area (Å²) in [6.45, 7) is 8.32.